The molecule has 0 aliphatic heterocycles. The second kappa shape index (κ2) is 8.19. The molecular weight excluding hydrogens is 464 g/mol. The van der Waals surface area contributed by atoms with Gasteiger partial charge in [0.25, 0.3) is 0 Å². The van der Waals surface area contributed by atoms with Gasteiger partial charge >= 0.3 is 0 Å². The minimum absolute atomic E-state index is 0.639. The smallest absolute Gasteiger partial charge is 0.227 e. The van der Waals surface area contributed by atoms with E-state index in [1.54, 1.807) is 0 Å². The number of nitrogens with zero attached hydrogens (tertiary/aromatic N) is 2. The van der Waals surface area contributed by atoms with E-state index < -0.39 is 0 Å². The summed E-state index contributed by atoms with van der Waals surface area (Å²) in [6, 6.07) is 47.0. The average molecular weight is 487 g/mol. The van der Waals surface area contributed by atoms with Crippen LogP contribution in [0.4, 0.5) is 0 Å². The molecule has 0 atom stereocenters. The molecule has 0 saturated carbocycles. The maximum atomic E-state index is 5.99. The summed E-state index contributed by atoms with van der Waals surface area (Å²) in [6.45, 7) is 0. The van der Waals surface area contributed by atoms with Gasteiger partial charge in [0.05, 0.1) is 11.0 Å². The predicted molar refractivity (Wildman–Crippen MR) is 157 cm³/mol. The van der Waals surface area contributed by atoms with Gasteiger partial charge < -0.3 is 8.98 Å². The standard InChI is InChI=1S/C35H22N2O/c1-2-8-25-21-26(14-13-23(25)7-1)27-17-20-33-30(22-27)29-9-3-5-11-32(29)37(33)28-18-15-24(16-19-28)35-36-31-10-4-6-12-34(31)38-35/h1-22H. The Morgan fingerprint density at radius 1 is 0.500 bits per heavy atom. The summed E-state index contributed by atoms with van der Waals surface area (Å²) in [5.41, 5.74) is 8.56. The second-order valence-corrected chi connectivity index (χ2v) is 9.68. The molecule has 0 unspecified atom stereocenters. The Morgan fingerprint density at radius 2 is 1.18 bits per heavy atom. The van der Waals surface area contributed by atoms with E-state index in [-0.39, 0.29) is 0 Å². The molecule has 0 aliphatic carbocycles. The predicted octanol–water partition coefficient (Wildman–Crippen LogP) is 9.41. The summed E-state index contributed by atoms with van der Waals surface area (Å²) in [4.78, 5) is 4.66. The number of hydrogen-bond donors (Lipinski definition) is 0. The van der Waals surface area contributed by atoms with Crippen LogP contribution in [0.5, 0.6) is 0 Å². The third-order valence-corrected chi connectivity index (χ3v) is 7.42. The van der Waals surface area contributed by atoms with Crippen LogP contribution < -0.4 is 0 Å². The molecule has 8 aromatic rings. The molecule has 0 spiro atoms. The van der Waals surface area contributed by atoms with Gasteiger partial charge in [-0.15, -0.1) is 0 Å². The van der Waals surface area contributed by atoms with Crippen molar-refractivity contribution in [2.45, 2.75) is 0 Å². The molecule has 3 heteroatoms. The Kier molecular flexibility index (Phi) is 4.52. The lowest BCUT2D eigenvalue weighted by Gasteiger charge is -2.09. The number of hydrogen-bond acceptors (Lipinski definition) is 2. The average Bonchev–Trinajstić information content (AvgIpc) is 3.56. The van der Waals surface area contributed by atoms with Gasteiger partial charge in [0, 0.05) is 22.0 Å². The molecule has 0 bridgehead atoms. The summed E-state index contributed by atoms with van der Waals surface area (Å²) in [6.07, 6.45) is 0. The van der Waals surface area contributed by atoms with Gasteiger partial charge in [0.1, 0.15) is 5.52 Å². The molecule has 0 saturated heterocycles. The van der Waals surface area contributed by atoms with Crippen molar-refractivity contribution in [1.29, 1.82) is 0 Å². The molecule has 0 fully saturated rings. The highest BCUT2D eigenvalue weighted by molar-refractivity contribution is 6.10. The molecule has 0 radical (unpaired) electrons. The van der Waals surface area contributed by atoms with Gasteiger partial charge in [-0.2, -0.15) is 0 Å². The van der Waals surface area contributed by atoms with Crippen molar-refractivity contribution in [2.24, 2.45) is 0 Å². The molecular formula is C35H22N2O. The van der Waals surface area contributed by atoms with E-state index in [9.17, 15) is 0 Å². The van der Waals surface area contributed by atoms with E-state index in [2.05, 4.69) is 119 Å². The Hall–Kier alpha value is -5.15. The number of benzene rings is 6. The molecule has 2 heterocycles. The topological polar surface area (TPSA) is 31.0 Å². The Balaban J connectivity index is 1.26. The fourth-order valence-electron chi connectivity index (χ4n) is 5.55. The van der Waals surface area contributed by atoms with E-state index in [0.717, 1.165) is 22.4 Å². The van der Waals surface area contributed by atoms with Gasteiger partial charge in [-0.25, -0.2) is 4.98 Å². The monoisotopic (exact) mass is 486 g/mol. The first-order valence-corrected chi connectivity index (χ1v) is 12.8. The highest BCUT2D eigenvalue weighted by atomic mass is 16.3. The molecule has 0 amide bonds. The number of aromatic nitrogens is 2. The van der Waals surface area contributed by atoms with E-state index in [1.807, 2.05) is 24.3 Å². The largest absolute Gasteiger partial charge is 0.436 e. The highest BCUT2D eigenvalue weighted by Gasteiger charge is 2.14. The van der Waals surface area contributed by atoms with Crippen LogP contribution in [0, 0.1) is 0 Å². The van der Waals surface area contributed by atoms with Crippen LogP contribution in [0.15, 0.2) is 138 Å². The lowest BCUT2D eigenvalue weighted by Crippen LogP contribution is -1.93. The van der Waals surface area contributed by atoms with Crippen LogP contribution in [-0.4, -0.2) is 9.55 Å². The lowest BCUT2D eigenvalue weighted by atomic mass is 9.99. The molecule has 8 rings (SSSR count). The molecule has 38 heavy (non-hydrogen) atoms. The first kappa shape index (κ1) is 21.0. The Bertz CT molecular complexity index is 2100. The maximum Gasteiger partial charge on any atom is 0.227 e. The van der Waals surface area contributed by atoms with Crippen molar-refractivity contribution in [2.75, 3.05) is 0 Å². The lowest BCUT2D eigenvalue weighted by molar-refractivity contribution is 0.620. The summed E-state index contributed by atoms with van der Waals surface area (Å²) in [5.74, 6) is 0.639. The van der Waals surface area contributed by atoms with Crippen LogP contribution >= 0.6 is 0 Å². The summed E-state index contributed by atoms with van der Waals surface area (Å²) in [7, 11) is 0. The van der Waals surface area contributed by atoms with Crippen LogP contribution in [-0.2, 0) is 0 Å². The molecule has 2 aromatic heterocycles. The van der Waals surface area contributed by atoms with Crippen LogP contribution in [0.3, 0.4) is 0 Å². The quantitative estimate of drug-likeness (QED) is 0.249. The zero-order valence-corrected chi connectivity index (χ0v) is 20.5. The van der Waals surface area contributed by atoms with E-state index in [1.165, 1.54) is 43.7 Å². The van der Waals surface area contributed by atoms with Gasteiger partial charge in [-0.3, -0.25) is 0 Å². The zero-order chi connectivity index (χ0) is 25.1. The number of rotatable bonds is 3. The second-order valence-electron chi connectivity index (χ2n) is 9.68. The Morgan fingerprint density at radius 3 is 2.08 bits per heavy atom. The number of oxazole rings is 1. The summed E-state index contributed by atoms with van der Waals surface area (Å²) < 4.78 is 8.33. The van der Waals surface area contributed by atoms with Crippen molar-refractivity contribution in [3.05, 3.63) is 133 Å². The fraction of sp³-hybridized carbons (Fsp3) is 0. The third-order valence-electron chi connectivity index (χ3n) is 7.42. The molecule has 3 nitrogen and oxygen atoms in total. The molecule has 178 valence electrons. The van der Waals surface area contributed by atoms with Gasteiger partial charge in [0.2, 0.25) is 5.89 Å². The van der Waals surface area contributed by atoms with Crippen LogP contribution in [0.2, 0.25) is 0 Å². The zero-order valence-electron chi connectivity index (χ0n) is 20.5. The highest BCUT2D eigenvalue weighted by Crippen LogP contribution is 2.36. The first-order chi connectivity index (χ1) is 18.8. The maximum absolute atomic E-state index is 5.99. The molecule has 0 N–H and O–H groups in total. The van der Waals surface area contributed by atoms with E-state index >= 15 is 0 Å². The van der Waals surface area contributed by atoms with Crippen molar-refractivity contribution in [1.82, 2.24) is 9.55 Å². The third kappa shape index (κ3) is 3.26. The normalized spacial score (nSPS) is 11.7. The van der Waals surface area contributed by atoms with Gasteiger partial charge in [-0.1, -0.05) is 72.8 Å². The number of fused-ring (bicyclic) bond motifs is 5. The van der Waals surface area contributed by atoms with Crippen molar-refractivity contribution in [3.8, 4) is 28.3 Å². The number of para-hydroxylation sites is 3. The van der Waals surface area contributed by atoms with Crippen LogP contribution in [0.25, 0.3) is 71.9 Å². The Labute approximate surface area is 219 Å². The minimum atomic E-state index is 0.639. The van der Waals surface area contributed by atoms with Gasteiger partial charge in [0.15, 0.2) is 5.58 Å². The van der Waals surface area contributed by atoms with Crippen molar-refractivity contribution < 1.29 is 4.42 Å². The molecule has 0 aliphatic rings. The minimum Gasteiger partial charge on any atom is -0.436 e. The summed E-state index contributed by atoms with van der Waals surface area (Å²) >= 11 is 0. The van der Waals surface area contributed by atoms with Crippen LogP contribution in [0.1, 0.15) is 0 Å². The van der Waals surface area contributed by atoms with Crippen molar-refractivity contribution >= 4 is 43.7 Å². The van der Waals surface area contributed by atoms with Crippen molar-refractivity contribution in [3.63, 3.8) is 0 Å². The fourth-order valence-corrected chi connectivity index (χ4v) is 5.55. The first-order valence-electron chi connectivity index (χ1n) is 12.8. The van der Waals surface area contributed by atoms with Gasteiger partial charge in [-0.05, 0) is 82.6 Å². The van der Waals surface area contributed by atoms with E-state index in [4.69, 9.17) is 4.42 Å². The summed E-state index contributed by atoms with van der Waals surface area (Å²) in [5, 5.41) is 5.00. The van der Waals surface area contributed by atoms with E-state index in [0.29, 0.717) is 5.89 Å². The molecule has 6 aromatic carbocycles. The SMILES string of the molecule is c1ccc2cc(-c3ccc4c(c3)c3ccccc3n4-c3ccc(-c4nc5ccccc5o4)cc3)ccc2c1.